The van der Waals surface area contributed by atoms with Gasteiger partial charge in [-0.05, 0) is 84.3 Å². The molecule has 0 heterocycles. The first kappa shape index (κ1) is 48.9. The minimum atomic E-state index is -5.13. The molecule has 0 unspecified atom stereocenters. The van der Waals surface area contributed by atoms with E-state index in [4.69, 9.17) is 5.73 Å². The van der Waals surface area contributed by atoms with Crippen molar-refractivity contribution in [2.75, 3.05) is 41.9 Å². The van der Waals surface area contributed by atoms with Crippen molar-refractivity contribution >= 4 is 77.2 Å². The third kappa shape index (κ3) is 14.2. The maximum Gasteiger partial charge on any atom is 1.00 e. The van der Waals surface area contributed by atoms with Crippen molar-refractivity contribution in [1.29, 1.82) is 0 Å². The Labute approximate surface area is 370 Å². The maximum atomic E-state index is 12.3. The van der Waals surface area contributed by atoms with Crippen LogP contribution in [0.1, 0.15) is 24.3 Å². The average molecular weight is 806 g/mol. The van der Waals surface area contributed by atoms with Gasteiger partial charge in [0.1, 0.15) is 27.2 Å². The number of nitrogens with two attached hydrogens (primary N) is 1. The smallest absolute Gasteiger partial charge is 0.748 e. The number of rotatable bonds is 17. The number of phenolic OH excluding ortho intramolecular Hbond substituents is 1. The Kier molecular flexibility index (Phi) is 21.1. The number of hydrogen-bond acceptors (Lipinski definition) is 18. The number of fused-ring (bicyclic) bond motifs is 1. The zero-order chi connectivity index (χ0) is 35.8. The summed E-state index contributed by atoms with van der Waals surface area (Å²) in [5.74, 6) is -1.32. The van der Waals surface area contributed by atoms with Crippen LogP contribution in [0.4, 0.5) is 34.1 Å². The summed E-state index contributed by atoms with van der Waals surface area (Å²) in [5, 5.41) is 57.6. The number of nitrogens with one attached hydrogen (secondary N) is 2. The Balaban J connectivity index is 0.00000451. The minimum Gasteiger partial charge on any atom is -0.748 e. The van der Waals surface area contributed by atoms with Crippen LogP contribution in [0.15, 0.2) is 80.7 Å². The van der Waals surface area contributed by atoms with Crippen LogP contribution in [0.25, 0.3) is 10.8 Å². The van der Waals surface area contributed by atoms with Crippen LogP contribution < -0.4 is 110 Å². The molecule has 264 valence electrons. The molecular weight excluding hydrogens is 776 g/mol. The number of hydrogen-bond donors (Lipinski definition) is 6. The van der Waals surface area contributed by atoms with Gasteiger partial charge in [-0.25, -0.2) is 16.8 Å². The molecule has 4 aromatic carbocycles. The van der Waals surface area contributed by atoms with Crippen LogP contribution >= 0.6 is 12.0 Å². The summed E-state index contributed by atoms with van der Waals surface area (Å²) >= 11 is 0.543. The quantitative estimate of drug-likeness (QED) is 0.0110. The van der Waals surface area contributed by atoms with Gasteiger partial charge in [0.25, 0.3) is 0 Å². The van der Waals surface area contributed by atoms with Crippen LogP contribution in [0.3, 0.4) is 0 Å². The summed E-state index contributed by atoms with van der Waals surface area (Å²) in [4.78, 5) is -0.441. The molecule has 0 spiro atoms. The van der Waals surface area contributed by atoms with Crippen LogP contribution in [-0.4, -0.2) is 66.8 Å². The van der Waals surface area contributed by atoms with Crippen molar-refractivity contribution in [2.24, 2.45) is 10.2 Å². The van der Waals surface area contributed by atoms with E-state index in [1.807, 2.05) is 0 Å². The Bertz CT molecular complexity index is 2060. The Morgan fingerprint density at radius 2 is 1.54 bits per heavy atom. The number of nitrogens with zero attached hydrogens (tertiary/aromatic N) is 2. The van der Waals surface area contributed by atoms with Crippen molar-refractivity contribution in [3.8, 4) is 5.75 Å². The van der Waals surface area contributed by atoms with Crippen molar-refractivity contribution in [2.45, 2.75) is 28.6 Å². The second kappa shape index (κ2) is 22.5. The van der Waals surface area contributed by atoms with Gasteiger partial charge in [0, 0.05) is 41.7 Å². The Morgan fingerprint density at radius 3 is 2.15 bits per heavy atom. The number of azo groups is 1. The van der Waals surface area contributed by atoms with Gasteiger partial charge in [0.05, 0.1) is 43.9 Å². The van der Waals surface area contributed by atoms with Gasteiger partial charge >= 0.3 is 88.7 Å². The molecule has 23 heteroatoms. The van der Waals surface area contributed by atoms with Crippen LogP contribution in [0, 0.1) is 0 Å². The summed E-state index contributed by atoms with van der Waals surface area (Å²) in [6.07, 6.45) is 0.584. The summed E-state index contributed by atoms with van der Waals surface area (Å²) < 4.78 is 74.6. The van der Waals surface area contributed by atoms with Crippen molar-refractivity contribution in [3.63, 3.8) is 0 Å². The first-order valence-electron chi connectivity index (χ1n) is 14.2. The first-order chi connectivity index (χ1) is 23.2. The molecule has 52 heavy (non-hydrogen) atoms. The molecule has 17 nitrogen and oxygen atoms in total. The topological polar surface area (TPSA) is 291 Å². The molecule has 4 rings (SSSR count). The molecule has 0 aromatic heterocycles. The first-order valence-corrected chi connectivity index (χ1v) is 18.0. The third-order valence-corrected chi connectivity index (χ3v) is 9.19. The summed E-state index contributed by atoms with van der Waals surface area (Å²) in [5.41, 5.74) is 7.29. The van der Waals surface area contributed by atoms with Gasteiger partial charge in [-0.2, -0.15) is 4.33 Å². The molecular formula is C29H30N5Na3O12S3. The molecule has 0 aliphatic heterocycles. The Morgan fingerprint density at radius 1 is 0.865 bits per heavy atom. The zero-order valence-electron chi connectivity index (χ0n) is 28.3. The number of anilines is 4. The van der Waals surface area contributed by atoms with E-state index in [2.05, 4.69) is 30.2 Å². The second-order valence-corrected chi connectivity index (χ2v) is 14.1. The molecule has 4 aromatic rings. The van der Waals surface area contributed by atoms with Gasteiger partial charge in [-0.15, -0.1) is 10.2 Å². The van der Waals surface area contributed by atoms with Crippen LogP contribution in [0.5, 0.6) is 5.75 Å². The van der Waals surface area contributed by atoms with E-state index in [-0.39, 0.29) is 148 Å². The normalized spacial score (nSPS) is 11.6. The van der Waals surface area contributed by atoms with Gasteiger partial charge in [-0.1, -0.05) is 6.07 Å². The molecule has 0 bridgehead atoms. The number of phenols is 1. The van der Waals surface area contributed by atoms with Crippen molar-refractivity contribution < 1.29 is 145 Å². The van der Waals surface area contributed by atoms with E-state index < -0.39 is 30.9 Å². The fourth-order valence-electron chi connectivity index (χ4n) is 4.94. The van der Waals surface area contributed by atoms with Crippen LogP contribution in [0.2, 0.25) is 0 Å². The van der Waals surface area contributed by atoms with Crippen molar-refractivity contribution in [1.82, 2.24) is 0 Å². The van der Waals surface area contributed by atoms with E-state index in [0.717, 1.165) is 6.07 Å². The predicted octanol–water partition coefficient (Wildman–Crippen LogP) is -5.76. The van der Waals surface area contributed by atoms with Gasteiger partial charge in [0.15, 0.2) is 0 Å². The number of benzene rings is 4. The van der Waals surface area contributed by atoms with Gasteiger partial charge in [-0.3, -0.25) is 5.04 Å². The molecule has 0 radical (unpaired) electrons. The Hall–Kier alpha value is -1.09. The zero-order valence-corrected chi connectivity index (χ0v) is 36.8. The molecule has 0 amide bonds. The van der Waals surface area contributed by atoms with E-state index in [1.54, 1.807) is 24.3 Å². The average Bonchev–Trinajstić information content (AvgIpc) is 3.02. The summed E-state index contributed by atoms with van der Waals surface area (Å²) in [7, 11) is -9.63. The fraction of sp³-hybridized carbons (Fsp3) is 0.241. The molecule has 0 saturated carbocycles. The third-order valence-electron chi connectivity index (χ3n) is 7.07. The molecule has 0 aliphatic rings. The molecule has 7 N–H and O–H groups in total. The monoisotopic (exact) mass is 805 g/mol. The van der Waals surface area contributed by atoms with E-state index in [0.29, 0.717) is 52.1 Å². The second-order valence-electron chi connectivity index (χ2n) is 10.5. The summed E-state index contributed by atoms with van der Waals surface area (Å²) in [6, 6.07) is 14.3. The molecule has 0 atom stereocenters. The fourth-order valence-corrected chi connectivity index (χ4v) is 6.37. The van der Waals surface area contributed by atoms with Gasteiger partial charge in [0.2, 0.25) is 0 Å². The molecule has 0 aliphatic carbocycles. The number of aliphatic hydroxyl groups is 2. The largest absolute Gasteiger partial charge is 1.00 e. The number of aliphatic hydroxyl groups excluding tert-OH is 2. The number of aromatic hydroxyl groups is 1. The van der Waals surface area contributed by atoms with E-state index in [1.165, 1.54) is 30.3 Å². The summed E-state index contributed by atoms with van der Waals surface area (Å²) in [6.45, 7) is -0.573. The van der Waals surface area contributed by atoms with E-state index >= 15 is 0 Å². The van der Waals surface area contributed by atoms with Crippen molar-refractivity contribution in [3.05, 3.63) is 66.2 Å². The van der Waals surface area contributed by atoms with Gasteiger partial charge < -0.3 is 46.0 Å². The maximum absolute atomic E-state index is 12.3. The minimum absolute atomic E-state index is 0. The predicted molar refractivity (Wildman–Crippen MR) is 176 cm³/mol. The van der Waals surface area contributed by atoms with Crippen LogP contribution in [-0.2, 0) is 29.6 Å². The molecule has 0 saturated heterocycles. The standard InChI is InChI=1S/C29H33N5O12S3.3Na/c30-24-3-1-18-13-23(47-46-45-38)16-26(37)28(18)29(24)34-33-25-4-2-20(15-27(25)49(42,43)44)32-22-12-19(17(5-8-35)6-9-36)11-21(14-22)31-7-10-48(39,40)41;;;/h1-4,11-17,31-32,35-38H,5-10,30H2,(H,39,40,41)(H,42,43,44);;;/q;3*+1/p-3. The molecule has 0 fully saturated rings. The SMILES string of the molecule is Nc1ccc2cc(SOO[O-])cc(O)c2c1N=Nc1ccc(Nc2cc(NCCS(=O)(=O)[O-])cc(C(CCO)CCO)c2)cc1S(=O)(=O)[O-].[Na+].[Na+].[Na+]. The number of nitrogen functional groups attached to an aromatic ring is 1. The van der Waals surface area contributed by atoms with E-state index in [9.17, 15) is 46.5 Å².